The maximum Gasteiger partial charge on any atom is 0.165 e. The number of hydrogen-bond donors (Lipinski definition) is 1. The Bertz CT molecular complexity index is 546. The molecule has 0 fully saturated rings. The van der Waals surface area contributed by atoms with Crippen LogP contribution in [0, 0.1) is 0 Å². The molecule has 2 aromatic rings. The average molecular weight is 232 g/mol. The van der Waals surface area contributed by atoms with Gasteiger partial charge in [-0.2, -0.15) is 0 Å². The van der Waals surface area contributed by atoms with Gasteiger partial charge < -0.3 is 10.0 Å². The molecule has 5 nitrogen and oxygen atoms in total. The Morgan fingerprint density at radius 3 is 2.47 bits per heavy atom. The Balaban J connectivity index is 2.65. The van der Waals surface area contributed by atoms with Gasteiger partial charge in [-0.3, -0.25) is 0 Å². The summed E-state index contributed by atoms with van der Waals surface area (Å²) in [5.74, 6) is 0.824. The van der Waals surface area contributed by atoms with Crippen molar-refractivity contribution in [1.82, 2.24) is 15.0 Å². The highest BCUT2D eigenvalue weighted by atomic mass is 16.3. The Labute approximate surface area is 100 Å². The zero-order chi connectivity index (χ0) is 12.6. The van der Waals surface area contributed by atoms with Crippen LogP contribution in [0.15, 0.2) is 18.5 Å². The summed E-state index contributed by atoms with van der Waals surface area (Å²) in [5.41, 5.74) is 0.244. The van der Waals surface area contributed by atoms with Crippen LogP contribution in [-0.4, -0.2) is 34.2 Å². The number of nitrogens with zero attached hydrogens (tertiary/aromatic N) is 4. The molecule has 2 aromatic heterocycles. The zero-order valence-corrected chi connectivity index (χ0v) is 10.5. The van der Waals surface area contributed by atoms with Gasteiger partial charge in [-0.1, -0.05) is 0 Å². The average Bonchev–Trinajstić information content (AvgIpc) is 2.26. The summed E-state index contributed by atoms with van der Waals surface area (Å²) < 4.78 is 0. The van der Waals surface area contributed by atoms with Gasteiger partial charge in [0.2, 0.25) is 0 Å². The summed E-state index contributed by atoms with van der Waals surface area (Å²) in [7, 11) is 3.84. The van der Waals surface area contributed by atoms with Crippen LogP contribution in [0.3, 0.4) is 0 Å². The third-order valence-electron chi connectivity index (χ3n) is 2.53. The molecule has 0 amide bonds. The highest BCUT2D eigenvalue weighted by Gasteiger charge is 2.19. The van der Waals surface area contributed by atoms with Gasteiger partial charge in [0.25, 0.3) is 0 Å². The van der Waals surface area contributed by atoms with Crippen molar-refractivity contribution in [3.63, 3.8) is 0 Å². The largest absolute Gasteiger partial charge is 0.384 e. The number of anilines is 1. The molecule has 0 saturated carbocycles. The van der Waals surface area contributed by atoms with E-state index in [-0.39, 0.29) is 0 Å². The van der Waals surface area contributed by atoms with Crippen LogP contribution in [0.2, 0.25) is 0 Å². The molecule has 2 rings (SSSR count). The zero-order valence-electron chi connectivity index (χ0n) is 10.5. The van der Waals surface area contributed by atoms with Crippen LogP contribution in [0.4, 0.5) is 5.82 Å². The van der Waals surface area contributed by atoms with Gasteiger partial charge in [-0.25, -0.2) is 15.0 Å². The van der Waals surface area contributed by atoms with Gasteiger partial charge in [-0.05, 0) is 26.0 Å². The number of pyridine rings is 1. The van der Waals surface area contributed by atoms with E-state index >= 15 is 0 Å². The first-order valence-corrected chi connectivity index (χ1v) is 5.41. The number of aliphatic hydroxyl groups is 1. The maximum absolute atomic E-state index is 9.91. The van der Waals surface area contributed by atoms with Crippen molar-refractivity contribution < 1.29 is 5.11 Å². The molecule has 0 radical (unpaired) electrons. The molecule has 17 heavy (non-hydrogen) atoms. The van der Waals surface area contributed by atoms with Gasteiger partial charge in [0, 0.05) is 14.1 Å². The van der Waals surface area contributed by atoms with Crippen LogP contribution in [0.25, 0.3) is 11.0 Å². The fourth-order valence-corrected chi connectivity index (χ4v) is 1.63. The molecule has 0 aromatic carbocycles. The quantitative estimate of drug-likeness (QED) is 0.846. The smallest absolute Gasteiger partial charge is 0.165 e. The van der Waals surface area contributed by atoms with E-state index in [1.807, 2.05) is 25.1 Å². The van der Waals surface area contributed by atoms with E-state index in [0.717, 1.165) is 11.2 Å². The summed E-state index contributed by atoms with van der Waals surface area (Å²) in [5, 5.41) is 10.8. The summed E-state index contributed by atoms with van der Waals surface area (Å²) in [4.78, 5) is 14.6. The van der Waals surface area contributed by atoms with Crippen molar-refractivity contribution >= 4 is 16.9 Å². The van der Waals surface area contributed by atoms with Crippen LogP contribution < -0.4 is 4.90 Å². The maximum atomic E-state index is 9.91. The Hall–Kier alpha value is -1.75. The van der Waals surface area contributed by atoms with E-state index in [1.54, 1.807) is 19.9 Å². The molecule has 0 bridgehead atoms. The molecule has 2 heterocycles. The number of fused-ring (bicyclic) bond motifs is 1. The standard InChI is InChI=1S/C12H16N4O/c1-12(2,17)9-6-5-8-10(15-9)13-7-14-11(8)16(3)4/h5-7,17H,1-4H3. The van der Waals surface area contributed by atoms with Crippen molar-refractivity contribution in [1.29, 1.82) is 0 Å². The lowest BCUT2D eigenvalue weighted by Gasteiger charge is -2.18. The second-order valence-corrected chi connectivity index (χ2v) is 4.72. The molecular formula is C12H16N4O. The van der Waals surface area contributed by atoms with Crippen LogP contribution >= 0.6 is 0 Å². The van der Waals surface area contributed by atoms with E-state index in [2.05, 4.69) is 15.0 Å². The van der Waals surface area contributed by atoms with Gasteiger partial charge in [0.1, 0.15) is 17.7 Å². The van der Waals surface area contributed by atoms with Crippen LogP contribution in [0.5, 0.6) is 0 Å². The minimum absolute atomic E-state index is 0.600. The molecule has 1 N–H and O–H groups in total. The van der Waals surface area contributed by atoms with E-state index in [0.29, 0.717) is 11.3 Å². The number of hydrogen-bond acceptors (Lipinski definition) is 5. The van der Waals surface area contributed by atoms with E-state index in [9.17, 15) is 5.11 Å². The van der Waals surface area contributed by atoms with E-state index < -0.39 is 5.60 Å². The van der Waals surface area contributed by atoms with Gasteiger partial charge in [-0.15, -0.1) is 0 Å². The predicted octanol–water partition coefficient (Wildman–Crippen LogP) is 1.32. The molecule has 90 valence electrons. The normalized spacial score (nSPS) is 11.8. The van der Waals surface area contributed by atoms with E-state index in [1.165, 1.54) is 6.33 Å². The highest BCUT2D eigenvalue weighted by Crippen LogP contribution is 2.24. The van der Waals surface area contributed by atoms with Crippen molar-refractivity contribution in [2.24, 2.45) is 0 Å². The molecular weight excluding hydrogens is 216 g/mol. The van der Waals surface area contributed by atoms with Crippen molar-refractivity contribution in [3.05, 3.63) is 24.2 Å². The predicted molar refractivity (Wildman–Crippen MR) is 66.9 cm³/mol. The lowest BCUT2D eigenvalue weighted by molar-refractivity contribution is 0.0742. The summed E-state index contributed by atoms with van der Waals surface area (Å²) in [6, 6.07) is 3.70. The molecule has 5 heteroatoms. The first-order valence-electron chi connectivity index (χ1n) is 5.41. The molecule has 0 aliphatic carbocycles. The fourth-order valence-electron chi connectivity index (χ4n) is 1.63. The molecule has 0 spiro atoms. The van der Waals surface area contributed by atoms with Gasteiger partial charge in [0.05, 0.1) is 11.1 Å². The minimum Gasteiger partial charge on any atom is -0.384 e. The first kappa shape index (κ1) is 11.7. The molecule has 0 atom stereocenters. The van der Waals surface area contributed by atoms with Crippen LogP contribution in [0.1, 0.15) is 19.5 Å². The second kappa shape index (κ2) is 3.92. The topological polar surface area (TPSA) is 62.1 Å². The number of rotatable bonds is 2. The summed E-state index contributed by atoms with van der Waals surface area (Å²) in [6.45, 7) is 3.41. The third kappa shape index (κ3) is 2.19. The van der Waals surface area contributed by atoms with Gasteiger partial charge >= 0.3 is 0 Å². The fraction of sp³-hybridized carbons (Fsp3) is 0.417. The first-order chi connectivity index (χ1) is 7.89. The van der Waals surface area contributed by atoms with Gasteiger partial charge in [0.15, 0.2) is 5.65 Å². The molecule has 0 saturated heterocycles. The number of aromatic nitrogens is 3. The second-order valence-electron chi connectivity index (χ2n) is 4.72. The summed E-state index contributed by atoms with van der Waals surface area (Å²) in [6.07, 6.45) is 1.48. The Morgan fingerprint density at radius 2 is 1.88 bits per heavy atom. The van der Waals surface area contributed by atoms with Crippen molar-refractivity contribution in [2.75, 3.05) is 19.0 Å². The lowest BCUT2D eigenvalue weighted by atomic mass is 10.0. The SMILES string of the molecule is CN(C)c1ncnc2nc(C(C)(C)O)ccc12. The molecule has 0 unspecified atom stereocenters. The minimum atomic E-state index is -0.961. The van der Waals surface area contributed by atoms with Crippen molar-refractivity contribution in [3.8, 4) is 0 Å². The van der Waals surface area contributed by atoms with E-state index in [4.69, 9.17) is 0 Å². The van der Waals surface area contributed by atoms with Crippen molar-refractivity contribution in [2.45, 2.75) is 19.4 Å². The lowest BCUT2D eigenvalue weighted by Crippen LogP contribution is -2.18. The highest BCUT2D eigenvalue weighted by molar-refractivity contribution is 5.86. The molecule has 0 aliphatic rings. The Kier molecular flexibility index (Phi) is 2.71. The molecule has 0 aliphatic heterocycles. The monoisotopic (exact) mass is 232 g/mol. The van der Waals surface area contributed by atoms with Crippen LogP contribution in [-0.2, 0) is 5.60 Å². The summed E-state index contributed by atoms with van der Waals surface area (Å²) >= 11 is 0. The third-order valence-corrected chi connectivity index (χ3v) is 2.53. The Morgan fingerprint density at radius 1 is 1.18 bits per heavy atom.